The van der Waals surface area contributed by atoms with Crippen LogP contribution in [-0.2, 0) is 4.79 Å². The lowest BCUT2D eigenvalue weighted by molar-refractivity contribution is -0.384. The van der Waals surface area contributed by atoms with Gasteiger partial charge in [0.15, 0.2) is 0 Å². The summed E-state index contributed by atoms with van der Waals surface area (Å²) in [6.45, 7) is 1.20. The molecule has 1 aromatic rings. The average Bonchev–Trinajstić information content (AvgIpc) is 2.38. The van der Waals surface area contributed by atoms with E-state index in [1.165, 1.54) is 12.1 Å². The highest BCUT2D eigenvalue weighted by Gasteiger charge is 2.26. The molecule has 1 aliphatic heterocycles. The van der Waals surface area contributed by atoms with E-state index in [9.17, 15) is 14.9 Å². The lowest BCUT2D eigenvalue weighted by Gasteiger charge is -2.33. The Morgan fingerprint density at radius 3 is 2.84 bits per heavy atom. The van der Waals surface area contributed by atoms with Crippen LogP contribution in [-0.4, -0.2) is 29.1 Å². The van der Waals surface area contributed by atoms with Crippen LogP contribution >= 0.6 is 15.9 Å². The number of carbonyl (C=O) groups is 1. The zero-order valence-electron chi connectivity index (χ0n) is 10.1. The fourth-order valence-electron chi connectivity index (χ4n) is 2.26. The van der Waals surface area contributed by atoms with Gasteiger partial charge >= 0.3 is 5.97 Å². The molecule has 0 amide bonds. The van der Waals surface area contributed by atoms with Gasteiger partial charge in [-0.25, -0.2) is 0 Å². The van der Waals surface area contributed by atoms with Gasteiger partial charge in [0.25, 0.3) is 5.69 Å². The van der Waals surface area contributed by atoms with Crippen LogP contribution in [0, 0.1) is 16.0 Å². The number of carboxylic acid groups (broad SMARTS) is 1. The average molecular weight is 329 g/mol. The third kappa shape index (κ3) is 3.04. The molecule has 1 saturated heterocycles. The molecule has 0 saturated carbocycles. The van der Waals surface area contributed by atoms with Gasteiger partial charge in [-0.15, -0.1) is 0 Å². The standard InChI is InChI=1S/C12H13BrN2O4/c13-10-6-9(15(18)19)3-4-11(10)14-5-1-2-8(7-14)12(16)17/h3-4,6,8H,1-2,5,7H2,(H,16,17). The highest BCUT2D eigenvalue weighted by molar-refractivity contribution is 9.10. The van der Waals surface area contributed by atoms with Crippen LogP contribution < -0.4 is 4.90 Å². The molecule has 1 aliphatic rings. The number of aliphatic carboxylic acids is 1. The normalized spacial score (nSPS) is 19.2. The molecular formula is C12H13BrN2O4. The largest absolute Gasteiger partial charge is 0.481 e. The number of nitrogens with zero attached hydrogens (tertiary/aromatic N) is 2. The van der Waals surface area contributed by atoms with Crippen molar-refractivity contribution in [2.45, 2.75) is 12.8 Å². The fourth-order valence-corrected chi connectivity index (χ4v) is 2.88. The number of rotatable bonds is 3. The smallest absolute Gasteiger partial charge is 0.308 e. The number of halogens is 1. The highest BCUT2D eigenvalue weighted by Crippen LogP contribution is 2.32. The van der Waals surface area contributed by atoms with Crippen LogP contribution in [0.25, 0.3) is 0 Å². The van der Waals surface area contributed by atoms with E-state index < -0.39 is 10.9 Å². The van der Waals surface area contributed by atoms with E-state index in [0.29, 0.717) is 17.4 Å². The van der Waals surface area contributed by atoms with E-state index in [1.54, 1.807) is 6.07 Å². The van der Waals surface area contributed by atoms with Crippen molar-refractivity contribution in [2.24, 2.45) is 5.92 Å². The Balaban J connectivity index is 2.22. The number of non-ortho nitro benzene ring substituents is 1. The molecule has 1 heterocycles. The van der Waals surface area contributed by atoms with Gasteiger partial charge in [0.05, 0.1) is 16.5 Å². The summed E-state index contributed by atoms with van der Waals surface area (Å²) in [6.07, 6.45) is 1.48. The second-order valence-corrected chi connectivity index (χ2v) is 5.37. The number of piperidine rings is 1. The third-order valence-corrected chi connectivity index (χ3v) is 3.89. The lowest BCUT2D eigenvalue weighted by Crippen LogP contribution is -2.38. The van der Waals surface area contributed by atoms with Crippen molar-refractivity contribution in [2.75, 3.05) is 18.0 Å². The monoisotopic (exact) mass is 328 g/mol. The van der Waals surface area contributed by atoms with Crippen molar-refractivity contribution in [1.82, 2.24) is 0 Å². The van der Waals surface area contributed by atoms with Crippen molar-refractivity contribution < 1.29 is 14.8 Å². The molecule has 0 aliphatic carbocycles. The van der Waals surface area contributed by atoms with E-state index >= 15 is 0 Å². The summed E-state index contributed by atoms with van der Waals surface area (Å²) in [7, 11) is 0. The summed E-state index contributed by atoms with van der Waals surface area (Å²) < 4.78 is 0.618. The van der Waals surface area contributed by atoms with Crippen molar-refractivity contribution in [3.8, 4) is 0 Å². The van der Waals surface area contributed by atoms with Gasteiger partial charge in [0.2, 0.25) is 0 Å². The molecule has 19 heavy (non-hydrogen) atoms. The Kier molecular flexibility index (Phi) is 4.04. The first-order valence-electron chi connectivity index (χ1n) is 5.90. The zero-order valence-corrected chi connectivity index (χ0v) is 11.7. The van der Waals surface area contributed by atoms with Crippen molar-refractivity contribution in [3.63, 3.8) is 0 Å². The van der Waals surface area contributed by atoms with Crippen LogP contribution in [0.4, 0.5) is 11.4 Å². The highest BCUT2D eigenvalue weighted by atomic mass is 79.9. The van der Waals surface area contributed by atoms with Gasteiger partial charge in [-0.1, -0.05) is 0 Å². The van der Waals surface area contributed by atoms with Crippen molar-refractivity contribution in [3.05, 3.63) is 32.8 Å². The Morgan fingerprint density at radius 2 is 2.26 bits per heavy atom. The summed E-state index contributed by atoms with van der Waals surface area (Å²) in [5, 5.41) is 19.7. The molecular weight excluding hydrogens is 316 g/mol. The summed E-state index contributed by atoms with van der Waals surface area (Å²) >= 11 is 3.31. The van der Waals surface area contributed by atoms with E-state index in [4.69, 9.17) is 5.11 Å². The first kappa shape index (κ1) is 13.8. The minimum absolute atomic E-state index is 0.0161. The molecule has 6 nitrogen and oxygen atoms in total. The van der Waals surface area contributed by atoms with Crippen molar-refractivity contribution >= 4 is 33.3 Å². The molecule has 1 N–H and O–H groups in total. The lowest BCUT2D eigenvalue weighted by atomic mass is 9.98. The van der Waals surface area contributed by atoms with Gasteiger partial charge in [-0.05, 0) is 34.8 Å². The Hall–Kier alpha value is -1.63. The maximum atomic E-state index is 11.0. The summed E-state index contributed by atoms with van der Waals surface area (Å²) in [4.78, 5) is 23.2. The molecule has 102 valence electrons. The fraction of sp³-hybridized carbons (Fsp3) is 0.417. The maximum absolute atomic E-state index is 11.0. The van der Waals surface area contributed by atoms with Crippen molar-refractivity contribution in [1.29, 1.82) is 0 Å². The number of hydrogen-bond acceptors (Lipinski definition) is 4. The number of hydrogen-bond donors (Lipinski definition) is 1. The van der Waals surface area contributed by atoms with Gasteiger partial charge in [0, 0.05) is 29.7 Å². The minimum atomic E-state index is -0.789. The molecule has 1 aromatic carbocycles. The molecule has 0 aromatic heterocycles. The Morgan fingerprint density at radius 1 is 1.53 bits per heavy atom. The summed E-state index contributed by atoms with van der Waals surface area (Å²) in [5.74, 6) is -1.17. The second kappa shape index (κ2) is 5.56. The summed E-state index contributed by atoms with van der Waals surface area (Å²) in [5.41, 5.74) is 0.818. The SMILES string of the molecule is O=C(O)C1CCCN(c2ccc([N+](=O)[O-])cc2Br)C1. The molecule has 0 spiro atoms. The Bertz CT molecular complexity index is 520. The molecule has 2 rings (SSSR count). The molecule has 0 bridgehead atoms. The zero-order chi connectivity index (χ0) is 14.0. The maximum Gasteiger partial charge on any atom is 0.308 e. The molecule has 7 heteroatoms. The van der Waals surface area contributed by atoms with E-state index in [0.717, 1.165) is 18.7 Å². The van der Waals surface area contributed by atoms with Gasteiger partial charge in [-0.2, -0.15) is 0 Å². The number of benzene rings is 1. The van der Waals surface area contributed by atoms with Gasteiger partial charge < -0.3 is 10.0 Å². The number of nitro groups is 1. The molecule has 1 fully saturated rings. The van der Waals surface area contributed by atoms with Gasteiger partial charge in [0.1, 0.15) is 0 Å². The van der Waals surface area contributed by atoms with Crippen LogP contribution in [0.1, 0.15) is 12.8 Å². The second-order valence-electron chi connectivity index (χ2n) is 4.52. The molecule has 1 atom stereocenters. The first-order chi connectivity index (χ1) is 8.99. The number of anilines is 1. The quantitative estimate of drug-likeness (QED) is 0.681. The predicted molar refractivity (Wildman–Crippen MR) is 73.4 cm³/mol. The van der Waals surface area contributed by atoms with Gasteiger partial charge in [-0.3, -0.25) is 14.9 Å². The molecule has 0 radical (unpaired) electrons. The topological polar surface area (TPSA) is 83.7 Å². The Labute approximate surface area is 118 Å². The first-order valence-corrected chi connectivity index (χ1v) is 6.70. The predicted octanol–water partition coefficient (Wildman–Crippen LogP) is 2.66. The number of nitro benzene ring substituents is 1. The van der Waals surface area contributed by atoms with E-state index in [2.05, 4.69) is 15.9 Å². The minimum Gasteiger partial charge on any atom is -0.481 e. The van der Waals surface area contributed by atoms with Crippen LogP contribution in [0.3, 0.4) is 0 Å². The van der Waals surface area contributed by atoms with Crippen LogP contribution in [0.15, 0.2) is 22.7 Å². The van der Waals surface area contributed by atoms with E-state index in [-0.39, 0.29) is 11.6 Å². The third-order valence-electron chi connectivity index (χ3n) is 3.25. The molecule has 1 unspecified atom stereocenters. The van der Waals surface area contributed by atoms with Crippen LogP contribution in [0.2, 0.25) is 0 Å². The van der Waals surface area contributed by atoms with Crippen LogP contribution in [0.5, 0.6) is 0 Å². The summed E-state index contributed by atoms with van der Waals surface area (Å²) in [6, 6.07) is 4.54. The van der Waals surface area contributed by atoms with E-state index in [1.807, 2.05) is 4.90 Å². The number of carboxylic acids is 1.